The maximum Gasteiger partial charge on any atom is 0.0496 e. The summed E-state index contributed by atoms with van der Waals surface area (Å²) in [6.07, 6.45) is 2.40. The molecule has 1 aromatic rings. The quantitative estimate of drug-likeness (QED) is 0.894. The molecular formula is C16H25BrN2O. The zero-order valence-electron chi connectivity index (χ0n) is 12.4. The molecule has 1 aliphatic heterocycles. The van der Waals surface area contributed by atoms with Crippen molar-refractivity contribution in [3.63, 3.8) is 0 Å². The van der Waals surface area contributed by atoms with Crippen molar-refractivity contribution < 1.29 is 4.74 Å². The van der Waals surface area contributed by atoms with Crippen molar-refractivity contribution in [3.8, 4) is 0 Å². The monoisotopic (exact) mass is 340 g/mol. The van der Waals surface area contributed by atoms with E-state index in [1.54, 1.807) is 7.11 Å². The van der Waals surface area contributed by atoms with Gasteiger partial charge in [-0.3, -0.25) is 4.90 Å². The molecule has 1 fully saturated rings. The molecule has 1 saturated heterocycles. The van der Waals surface area contributed by atoms with Crippen LogP contribution in [0.1, 0.15) is 31.4 Å². The van der Waals surface area contributed by atoms with Crippen molar-refractivity contribution >= 4 is 15.9 Å². The maximum atomic E-state index is 6.26. The lowest BCUT2D eigenvalue weighted by atomic mass is 9.92. The van der Waals surface area contributed by atoms with E-state index in [-0.39, 0.29) is 6.04 Å². The molecule has 1 aliphatic rings. The highest BCUT2D eigenvalue weighted by Crippen LogP contribution is 2.30. The predicted octanol–water partition coefficient (Wildman–Crippen LogP) is 3.20. The Hall–Kier alpha value is -0.420. The molecule has 0 spiro atoms. The third-order valence-electron chi connectivity index (χ3n) is 4.13. The number of ether oxygens (including phenoxy) is 1. The second-order valence-electron chi connectivity index (χ2n) is 5.79. The zero-order valence-corrected chi connectivity index (χ0v) is 14.0. The van der Waals surface area contributed by atoms with E-state index in [1.165, 1.54) is 18.4 Å². The molecule has 0 saturated carbocycles. The van der Waals surface area contributed by atoms with Crippen LogP contribution in [0.15, 0.2) is 28.7 Å². The van der Waals surface area contributed by atoms with Crippen LogP contribution in [0, 0.1) is 5.92 Å². The number of hydrogen-bond acceptors (Lipinski definition) is 3. The topological polar surface area (TPSA) is 38.5 Å². The van der Waals surface area contributed by atoms with Crippen molar-refractivity contribution in [2.75, 3.05) is 26.8 Å². The van der Waals surface area contributed by atoms with Crippen molar-refractivity contribution in [3.05, 3.63) is 34.3 Å². The number of likely N-dealkylation sites (tertiary alicyclic amines) is 1. The molecule has 0 aliphatic carbocycles. The second kappa shape index (κ2) is 7.55. The lowest BCUT2D eigenvalue weighted by molar-refractivity contribution is 0.0736. The molecule has 0 amide bonds. The molecule has 112 valence electrons. The minimum Gasteiger partial charge on any atom is -0.384 e. The van der Waals surface area contributed by atoms with Gasteiger partial charge in [0, 0.05) is 30.3 Å². The van der Waals surface area contributed by atoms with Crippen molar-refractivity contribution in [1.29, 1.82) is 0 Å². The Kier molecular flexibility index (Phi) is 6.02. The first-order valence-electron chi connectivity index (χ1n) is 7.36. The van der Waals surface area contributed by atoms with Crippen molar-refractivity contribution in [2.24, 2.45) is 11.7 Å². The lowest BCUT2D eigenvalue weighted by Gasteiger charge is -2.39. The largest absolute Gasteiger partial charge is 0.384 e. The van der Waals surface area contributed by atoms with E-state index in [0.717, 1.165) is 24.2 Å². The van der Waals surface area contributed by atoms with Gasteiger partial charge in [-0.2, -0.15) is 0 Å². The first-order chi connectivity index (χ1) is 9.61. The highest BCUT2D eigenvalue weighted by molar-refractivity contribution is 9.10. The van der Waals surface area contributed by atoms with Crippen LogP contribution in [0.4, 0.5) is 0 Å². The molecule has 4 heteroatoms. The molecule has 1 heterocycles. The van der Waals surface area contributed by atoms with E-state index in [0.29, 0.717) is 12.0 Å². The summed E-state index contributed by atoms with van der Waals surface area (Å²) in [5.74, 6) is 0.701. The van der Waals surface area contributed by atoms with Gasteiger partial charge < -0.3 is 10.5 Å². The Morgan fingerprint density at radius 1 is 1.40 bits per heavy atom. The lowest BCUT2D eigenvalue weighted by Crippen LogP contribution is -2.44. The fraction of sp³-hybridized carbons (Fsp3) is 0.625. The Balaban J connectivity index is 2.07. The molecule has 2 rings (SSSR count). The average Bonchev–Trinajstić information content (AvgIpc) is 2.41. The maximum absolute atomic E-state index is 6.26. The molecule has 0 bridgehead atoms. The van der Waals surface area contributed by atoms with Gasteiger partial charge in [0.15, 0.2) is 0 Å². The number of piperidine rings is 1. The van der Waals surface area contributed by atoms with Gasteiger partial charge in [0.05, 0.1) is 0 Å². The van der Waals surface area contributed by atoms with Crippen LogP contribution in [0.25, 0.3) is 0 Å². The molecule has 20 heavy (non-hydrogen) atoms. The Labute approximate surface area is 130 Å². The average molecular weight is 341 g/mol. The van der Waals surface area contributed by atoms with Crippen LogP contribution in [0.5, 0.6) is 0 Å². The summed E-state index contributed by atoms with van der Waals surface area (Å²) in [7, 11) is 1.79. The SMILES string of the molecule is COCC1CCN(C(c2cccc(Br)c2)C(C)N)CC1. The van der Waals surface area contributed by atoms with Crippen LogP contribution in [0.2, 0.25) is 0 Å². The summed E-state index contributed by atoms with van der Waals surface area (Å²) in [5.41, 5.74) is 7.57. The summed E-state index contributed by atoms with van der Waals surface area (Å²) in [5, 5.41) is 0. The van der Waals surface area contributed by atoms with Gasteiger partial charge in [0.25, 0.3) is 0 Å². The molecule has 0 radical (unpaired) electrons. The first kappa shape index (κ1) is 16.0. The summed E-state index contributed by atoms with van der Waals surface area (Å²) in [4.78, 5) is 2.53. The van der Waals surface area contributed by atoms with E-state index >= 15 is 0 Å². The van der Waals surface area contributed by atoms with Crippen LogP contribution in [0.3, 0.4) is 0 Å². The van der Waals surface area contributed by atoms with E-state index in [9.17, 15) is 0 Å². The van der Waals surface area contributed by atoms with Gasteiger partial charge in [0.2, 0.25) is 0 Å². The number of halogens is 1. The minimum absolute atomic E-state index is 0.128. The highest BCUT2D eigenvalue weighted by Gasteiger charge is 2.28. The van der Waals surface area contributed by atoms with Gasteiger partial charge in [-0.05, 0) is 56.5 Å². The molecule has 2 N–H and O–H groups in total. The zero-order chi connectivity index (χ0) is 14.5. The third-order valence-corrected chi connectivity index (χ3v) is 4.63. The van der Waals surface area contributed by atoms with Gasteiger partial charge in [-0.1, -0.05) is 28.1 Å². The number of methoxy groups -OCH3 is 1. The Bertz CT molecular complexity index is 417. The molecule has 1 aromatic carbocycles. The van der Waals surface area contributed by atoms with Crippen LogP contribution in [-0.4, -0.2) is 37.7 Å². The van der Waals surface area contributed by atoms with Crippen molar-refractivity contribution in [2.45, 2.75) is 31.8 Å². The van der Waals surface area contributed by atoms with Crippen LogP contribution >= 0.6 is 15.9 Å². The Morgan fingerprint density at radius 3 is 2.65 bits per heavy atom. The van der Waals surface area contributed by atoms with E-state index < -0.39 is 0 Å². The Morgan fingerprint density at radius 2 is 2.10 bits per heavy atom. The van der Waals surface area contributed by atoms with Crippen molar-refractivity contribution in [1.82, 2.24) is 4.90 Å². The molecular weight excluding hydrogens is 316 g/mol. The summed E-state index contributed by atoms with van der Waals surface area (Å²) in [6.45, 7) is 5.19. The highest BCUT2D eigenvalue weighted by atomic mass is 79.9. The molecule has 2 unspecified atom stereocenters. The molecule has 3 nitrogen and oxygen atoms in total. The predicted molar refractivity (Wildman–Crippen MR) is 86.7 cm³/mol. The fourth-order valence-electron chi connectivity index (χ4n) is 3.17. The van der Waals surface area contributed by atoms with Crippen LogP contribution in [-0.2, 0) is 4.74 Å². The standard InChI is InChI=1S/C16H25BrN2O/c1-12(18)16(14-4-3-5-15(17)10-14)19-8-6-13(7-9-19)11-20-2/h3-5,10,12-13,16H,6-9,11,18H2,1-2H3. The van der Waals surface area contributed by atoms with Crippen LogP contribution < -0.4 is 5.73 Å². The number of nitrogens with zero attached hydrogens (tertiary/aromatic N) is 1. The number of nitrogens with two attached hydrogens (primary N) is 1. The minimum atomic E-state index is 0.128. The van der Waals surface area contributed by atoms with E-state index in [2.05, 4.69) is 52.0 Å². The molecule has 2 atom stereocenters. The summed E-state index contributed by atoms with van der Waals surface area (Å²) >= 11 is 3.56. The van der Waals surface area contributed by atoms with Gasteiger partial charge in [-0.15, -0.1) is 0 Å². The smallest absolute Gasteiger partial charge is 0.0496 e. The summed E-state index contributed by atoms with van der Waals surface area (Å²) in [6, 6.07) is 8.95. The first-order valence-corrected chi connectivity index (χ1v) is 8.15. The molecule has 0 aromatic heterocycles. The summed E-state index contributed by atoms with van der Waals surface area (Å²) < 4.78 is 6.40. The van der Waals surface area contributed by atoms with E-state index in [4.69, 9.17) is 10.5 Å². The number of benzene rings is 1. The third kappa shape index (κ3) is 4.04. The van der Waals surface area contributed by atoms with Gasteiger partial charge in [0.1, 0.15) is 0 Å². The number of rotatable bonds is 5. The second-order valence-corrected chi connectivity index (χ2v) is 6.71. The van der Waals surface area contributed by atoms with E-state index in [1.807, 2.05) is 0 Å². The normalized spacial score (nSPS) is 20.8. The number of hydrogen-bond donors (Lipinski definition) is 1. The van der Waals surface area contributed by atoms with Gasteiger partial charge in [-0.25, -0.2) is 0 Å². The fourth-order valence-corrected chi connectivity index (χ4v) is 3.59. The van der Waals surface area contributed by atoms with Gasteiger partial charge >= 0.3 is 0 Å².